The van der Waals surface area contributed by atoms with Crippen LogP contribution in [0.3, 0.4) is 0 Å². The number of carbonyl (C=O) groups is 2. The minimum atomic E-state index is -1.04. The van der Waals surface area contributed by atoms with Gasteiger partial charge in [0, 0.05) is 23.5 Å². The topological polar surface area (TPSA) is 76.1 Å². The molecule has 2 aromatic carbocycles. The lowest BCUT2D eigenvalue weighted by Crippen LogP contribution is -2.47. The molecule has 0 radical (unpaired) electrons. The van der Waals surface area contributed by atoms with Crippen molar-refractivity contribution in [3.8, 4) is 5.75 Å². The van der Waals surface area contributed by atoms with E-state index in [1.807, 2.05) is 18.2 Å². The van der Waals surface area contributed by atoms with E-state index in [4.69, 9.17) is 21.1 Å². The number of aliphatic carboxylic acids is 1. The van der Waals surface area contributed by atoms with E-state index in [1.54, 1.807) is 6.07 Å². The number of carbonyl (C=O) groups excluding carboxylic acids is 1. The van der Waals surface area contributed by atoms with Crippen LogP contribution < -0.4 is 9.64 Å². The van der Waals surface area contributed by atoms with Crippen LogP contribution >= 0.6 is 11.6 Å². The molecule has 0 aromatic heterocycles. The highest BCUT2D eigenvalue weighted by Crippen LogP contribution is 2.46. The van der Waals surface area contributed by atoms with Crippen molar-refractivity contribution in [2.24, 2.45) is 5.92 Å². The summed E-state index contributed by atoms with van der Waals surface area (Å²) in [5.74, 6) is -1.14. The Bertz CT molecular complexity index is 1130. The number of nitrogens with zero attached hydrogens (tertiary/aromatic N) is 1. The molecule has 2 aliphatic carbocycles. The number of aryl methyl sites for hydroxylation is 1. The maximum absolute atomic E-state index is 12.0. The predicted octanol–water partition coefficient (Wildman–Crippen LogP) is 5.34. The molecule has 186 valence electrons. The lowest BCUT2D eigenvalue weighted by Gasteiger charge is -2.42. The Balaban J connectivity index is 1.54. The fraction of sp³-hybridized carbons (Fsp3) is 0.500. The summed E-state index contributed by atoms with van der Waals surface area (Å²) in [7, 11) is 1.28. The van der Waals surface area contributed by atoms with Gasteiger partial charge in [0.05, 0.1) is 31.7 Å². The molecule has 2 aromatic rings. The second kappa shape index (κ2) is 9.73. The molecule has 3 aliphatic rings. The molecule has 6 nitrogen and oxygen atoms in total. The number of carboxylic acid groups (broad SMARTS) is 1. The third-order valence-electron chi connectivity index (χ3n) is 8.06. The van der Waals surface area contributed by atoms with Gasteiger partial charge in [0.25, 0.3) is 0 Å². The molecule has 5 rings (SSSR count). The lowest BCUT2D eigenvalue weighted by atomic mass is 9.70. The standard InChI is InChI=1S/C28H32ClNO5/c1-34-26(31)14-22(27(32)33)19-7-10-25-24(13-19)30(15-18-4-2-5-18)16-28(17-35-25)11-3-6-20-12-21(29)8-9-23(20)28/h7-10,12-13,18,22H,2-6,11,14-17H2,1H3,(H,32,33)/t22-,28+/m1/s1. The van der Waals surface area contributed by atoms with E-state index >= 15 is 0 Å². The molecule has 1 spiro atoms. The number of halogens is 1. The van der Waals surface area contributed by atoms with E-state index in [0.29, 0.717) is 18.1 Å². The van der Waals surface area contributed by atoms with Gasteiger partial charge in [-0.15, -0.1) is 0 Å². The Hall–Kier alpha value is -2.73. The van der Waals surface area contributed by atoms with E-state index in [1.165, 1.54) is 37.5 Å². The van der Waals surface area contributed by atoms with Gasteiger partial charge < -0.3 is 19.5 Å². The molecular formula is C28H32ClNO5. The van der Waals surface area contributed by atoms with Crippen LogP contribution in [0.1, 0.15) is 61.1 Å². The molecule has 2 atom stereocenters. The minimum absolute atomic E-state index is 0.153. The summed E-state index contributed by atoms with van der Waals surface area (Å²) < 4.78 is 11.2. The Morgan fingerprint density at radius 1 is 1.23 bits per heavy atom. The van der Waals surface area contributed by atoms with Gasteiger partial charge in [-0.1, -0.05) is 30.2 Å². The number of esters is 1. The zero-order valence-electron chi connectivity index (χ0n) is 20.1. The van der Waals surface area contributed by atoms with E-state index in [2.05, 4.69) is 17.0 Å². The highest BCUT2D eigenvalue weighted by atomic mass is 35.5. The molecular weight excluding hydrogens is 466 g/mol. The molecule has 7 heteroatoms. The van der Waals surface area contributed by atoms with E-state index in [0.717, 1.165) is 48.8 Å². The molecule has 0 unspecified atom stereocenters. The summed E-state index contributed by atoms with van der Waals surface area (Å²) in [4.78, 5) is 26.4. The van der Waals surface area contributed by atoms with Gasteiger partial charge in [0.15, 0.2) is 0 Å². The van der Waals surface area contributed by atoms with Crippen LogP contribution in [0.4, 0.5) is 5.69 Å². The molecule has 1 aliphatic heterocycles. The second-order valence-corrected chi connectivity index (χ2v) is 10.7. The predicted molar refractivity (Wildman–Crippen MR) is 135 cm³/mol. The van der Waals surface area contributed by atoms with Crippen molar-refractivity contribution in [3.63, 3.8) is 0 Å². The third kappa shape index (κ3) is 4.73. The number of ether oxygens (including phenoxy) is 2. The van der Waals surface area contributed by atoms with Gasteiger partial charge in [-0.3, -0.25) is 9.59 Å². The molecule has 1 saturated carbocycles. The van der Waals surface area contributed by atoms with Crippen LogP contribution in [0.15, 0.2) is 36.4 Å². The number of hydrogen-bond acceptors (Lipinski definition) is 5. The van der Waals surface area contributed by atoms with Crippen LogP contribution in [0.2, 0.25) is 5.02 Å². The first-order valence-electron chi connectivity index (χ1n) is 12.5. The van der Waals surface area contributed by atoms with Crippen LogP contribution in [0, 0.1) is 5.92 Å². The largest absolute Gasteiger partial charge is 0.490 e. The van der Waals surface area contributed by atoms with Crippen LogP contribution in [-0.2, 0) is 26.2 Å². The average Bonchev–Trinajstić information content (AvgIpc) is 2.96. The van der Waals surface area contributed by atoms with Gasteiger partial charge >= 0.3 is 11.9 Å². The van der Waals surface area contributed by atoms with Gasteiger partial charge in [-0.25, -0.2) is 0 Å². The summed E-state index contributed by atoms with van der Waals surface area (Å²) >= 11 is 6.33. The van der Waals surface area contributed by atoms with Crippen molar-refractivity contribution in [2.45, 2.75) is 56.3 Å². The zero-order chi connectivity index (χ0) is 24.6. The molecule has 0 bridgehead atoms. The average molecular weight is 498 g/mol. The van der Waals surface area contributed by atoms with Gasteiger partial charge in [-0.05, 0) is 79.0 Å². The summed E-state index contributed by atoms with van der Waals surface area (Å²) in [6.07, 6.45) is 6.61. The summed E-state index contributed by atoms with van der Waals surface area (Å²) in [6.45, 7) is 2.29. The molecule has 1 heterocycles. The van der Waals surface area contributed by atoms with Crippen molar-refractivity contribution in [1.29, 1.82) is 0 Å². The summed E-state index contributed by atoms with van der Waals surface area (Å²) in [6, 6.07) is 11.8. The molecule has 1 N–H and O–H groups in total. The molecule has 35 heavy (non-hydrogen) atoms. The van der Waals surface area contributed by atoms with Crippen molar-refractivity contribution in [3.05, 3.63) is 58.1 Å². The number of carboxylic acids is 1. The maximum atomic E-state index is 12.0. The first kappa shape index (κ1) is 24.0. The number of hydrogen-bond donors (Lipinski definition) is 1. The highest BCUT2D eigenvalue weighted by molar-refractivity contribution is 6.30. The van der Waals surface area contributed by atoms with Gasteiger partial charge in [0.1, 0.15) is 5.75 Å². The van der Waals surface area contributed by atoms with Crippen LogP contribution in [0.5, 0.6) is 5.75 Å². The van der Waals surface area contributed by atoms with E-state index in [-0.39, 0.29) is 11.8 Å². The molecule has 1 fully saturated rings. The first-order chi connectivity index (χ1) is 16.9. The SMILES string of the molecule is COC(=O)C[C@@H](C(=O)O)c1ccc2c(c1)N(CC1CCC1)C[C@@]1(CCCc3cc(Cl)ccc31)CO2. The van der Waals surface area contributed by atoms with Gasteiger partial charge in [-0.2, -0.15) is 0 Å². The monoisotopic (exact) mass is 497 g/mol. The van der Waals surface area contributed by atoms with Gasteiger partial charge in [0.2, 0.25) is 0 Å². The number of benzene rings is 2. The Morgan fingerprint density at radius 3 is 2.77 bits per heavy atom. The zero-order valence-corrected chi connectivity index (χ0v) is 20.9. The van der Waals surface area contributed by atoms with Crippen molar-refractivity contribution >= 4 is 29.2 Å². The Labute approximate surface area is 211 Å². The second-order valence-electron chi connectivity index (χ2n) is 10.3. The fourth-order valence-corrected chi connectivity index (χ4v) is 6.13. The maximum Gasteiger partial charge on any atom is 0.311 e. The molecule has 0 amide bonds. The summed E-state index contributed by atoms with van der Waals surface area (Å²) in [5.41, 5.74) is 3.97. The van der Waals surface area contributed by atoms with Crippen LogP contribution in [0.25, 0.3) is 0 Å². The normalized spacial score (nSPS) is 22.3. The van der Waals surface area contributed by atoms with Crippen molar-refractivity contribution in [1.82, 2.24) is 0 Å². The minimum Gasteiger partial charge on any atom is -0.490 e. The Kier molecular flexibility index (Phi) is 6.67. The lowest BCUT2D eigenvalue weighted by molar-refractivity contribution is -0.147. The highest BCUT2D eigenvalue weighted by Gasteiger charge is 2.42. The van der Waals surface area contributed by atoms with Crippen LogP contribution in [-0.4, -0.2) is 43.9 Å². The number of methoxy groups -OCH3 is 1. The fourth-order valence-electron chi connectivity index (χ4n) is 5.93. The van der Waals surface area contributed by atoms with E-state index in [9.17, 15) is 14.7 Å². The smallest absolute Gasteiger partial charge is 0.311 e. The summed E-state index contributed by atoms with van der Waals surface area (Å²) in [5, 5.41) is 10.6. The quantitative estimate of drug-likeness (QED) is 0.542. The van der Waals surface area contributed by atoms with Crippen molar-refractivity contribution < 1.29 is 24.2 Å². The number of fused-ring (bicyclic) bond motifs is 3. The number of anilines is 1. The first-order valence-corrected chi connectivity index (χ1v) is 12.9. The third-order valence-corrected chi connectivity index (χ3v) is 8.30. The van der Waals surface area contributed by atoms with Crippen molar-refractivity contribution in [2.75, 3.05) is 31.7 Å². The molecule has 0 saturated heterocycles. The number of rotatable bonds is 6. The Morgan fingerprint density at radius 2 is 2.06 bits per heavy atom. The van der Waals surface area contributed by atoms with E-state index < -0.39 is 17.9 Å².